The molecule has 0 radical (unpaired) electrons. The number of anilines is 1. The molecule has 0 spiro atoms. The summed E-state index contributed by atoms with van der Waals surface area (Å²) in [6.45, 7) is 4.41. The second kappa shape index (κ2) is 8.14. The standard InChI is InChI=1S/C21H24N4O2S/c1-14-17(20(26)22-12-15-6-8-16(27-2)9-7-15)18-19(23-13-24-21(18)28-14)25-10-4-3-5-11-25/h6-9,13H,3-5,10-12H2,1-2H3,(H,22,26). The van der Waals surface area contributed by atoms with Crippen LogP contribution in [0.3, 0.4) is 0 Å². The zero-order valence-corrected chi connectivity index (χ0v) is 17.0. The first kappa shape index (κ1) is 18.7. The Bertz CT molecular complexity index is 978. The van der Waals surface area contributed by atoms with Gasteiger partial charge in [0.2, 0.25) is 0 Å². The van der Waals surface area contributed by atoms with Crippen LogP contribution in [0.5, 0.6) is 5.75 Å². The number of benzene rings is 1. The van der Waals surface area contributed by atoms with Crippen molar-refractivity contribution in [2.24, 2.45) is 0 Å². The van der Waals surface area contributed by atoms with Crippen LogP contribution in [0.25, 0.3) is 10.2 Å². The van der Waals surface area contributed by atoms with Crippen LogP contribution in [0, 0.1) is 6.92 Å². The number of nitrogens with one attached hydrogen (secondary N) is 1. The van der Waals surface area contributed by atoms with Gasteiger partial charge < -0.3 is 15.0 Å². The largest absolute Gasteiger partial charge is 0.497 e. The molecule has 3 heterocycles. The van der Waals surface area contributed by atoms with Gasteiger partial charge in [-0.2, -0.15) is 0 Å². The fourth-order valence-electron chi connectivity index (χ4n) is 3.66. The number of carbonyl (C=O) groups is 1. The van der Waals surface area contributed by atoms with Crippen molar-refractivity contribution >= 4 is 33.3 Å². The van der Waals surface area contributed by atoms with Crippen molar-refractivity contribution in [2.45, 2.75) is 32.7 Å². The van der Waals surface area contributed by atoms with Gasteiger partial charge in [0.05, 0.1) is 18.1 Å². The van der Waals surface area contributed by atoms with Gasteiger partial charge in [-0.1, -0.05) is 12.1 Å². The number of amides is 1. The molecule has 1 fully saturated rings. The molecular formula is C21H24N4O2S. The Morgan fingerprint density at radius 1 is 1.18 bits per heavy atom. The SMILES string of the molecule is COc1ccc(CNC(=O)c2c(C)sc3ncnc(N4CCCCC4)c23)cc1. The summed E-state index contributed by atoms with van der Waals surface area (Å²) in [6, 6.07) is 7.71. The van der Waals surface area contributed by atoms with Gasteiger partial charge in [0.25, 0.3) is 5.91 Å². The predicted octanol–water partition coefficient (Wildman–Crippen LogP) is 3.93. The van der Waals surface area contributed by atoms with Crippen molar-refractivity contribution in [3.05, 3.63) is 46.6 Å². The van der Waals surface area contributed by atoms with Gasteiger partial charge in [0.15, 0.2) is 0 Å². The molecule has 1 aromatic carbocycles. The zero-order chi connectivity index (χ0) is 19.5. The van der Waals surface area contributed by atoms with E-state index < -0.39 is 0 Å². The molecule has 0 aliphatic carbocycles. The molecule has 2 aromatic heterocycles. The van der Waals surface area contributed by atoms with Gasteiger partial charge in [0.1, 0.15) is 22.7 Å². The lowest BCUT2D eigenvalue weighted by Crippen LogP contribution is -2.31. The van der Waals surface area contributed by atoms with Crippen LogP contribution in [0.15, 0.2) is 30.6 Å². The van der Waals surface area contributed by atoms with E-state index in [9.17, 15) is 4.79 Å². The first-order chi connectivity index (χ1) is 13.7. The third kappa shape index (κ3) is 3.67. The first-order valence-electron chi connectivity index (χ1n) is 9.57. The molecule has 1 amide bonds. The van der Waals surface area contributed by atoms with Crippen LogP contribution < -0.4 is 15.0 Å². The van der Waals surface area contributed by atoms with Gasteiger partial charge in [-0.3, -0.25) is 4.79 Å². The van der Waals surface area contributed by atoms with E-state index in [0.29, 0.717) is 12.1 Å². The van der Waals surface area contributed by atoms with Crippen LogP contribution in [0.1, 0.15) is 40.1 Å². The first-order valence-corrected chi connectivity index (χ1v) is 10.4. The van der Waals surface area contributed by atoms with E-state index in [1.54, 1.807) is 24.8 Å². The van der Waals surface area contributed by atoms with Gasteiger partial charge in [-0.25, -0.2) is 9.97 Å². The summed E-state index contributed by atoms with van der Waals surface area (Å²) in [4.78, 5) is 26.2. The number of methoxy groups -OCH3 is 1. The summed E-state index contributed by atoms with van der Waals surface area (Å²) in [5.41, 5.74) is 1.73. The molecule has 1 aliphatic heterocycles. The number of hydrogen-bond donors (Lipinski definition) is 1. The van der Waals surface area contributed by atoms with E-state index in [1.165, 1.54) is 6.42 Å². The van der Waals surface area contributed by atoms with Crippen molar-refractivity contribution in [3.8, 4) is 5.75 Å². The molecule has 0 bridgehead atoms. The van der Waals surface area contributed by atoms with E-state index in [4.69, 9.17) is 4.74 Å². The Kier molecular flexibility index (Phi) is 5.43. The molecule has 3 aromatic rings. The number of aromatic nitrogens is 2. The lowest BCUT2D eigenvalue weighted by atomic mass is 10.1. The summed E-state index contributed by atoms with van der Waals surface area (Å²) in [7, 11) is 1.64. The summed E-state index contributed by atoms with van der Waals surface area (Å²) in [5, 5.41) is 3.94. The Hall–Kier alpha value is -2.67. The molecule has 28 heavy (non-hydrogen) atoms. The Morgan fingerprint density at radius 3 is 2.64 bits per heavy atom. The van der Waals surface area contributed by atoms with E-state index in [-0.39, 0.29) is 5.91 Å². The zero-order valence-electron chi connectivity index (χ0n) is 16.2. The molecule has 4 rings (SSSR count). The molecule has 7 heteroatoms. The predicted molar refractivity (Wildman–Crippen MR) is 112 cm³/mol. The number of thiophene rings is 1. The number of hydrogen-bond acceptors (Lipinski definition) is 6. The molecule has 0 unspecified atom stereocenters. The number of ether oxygens (including phenoxy) is 1. The van der Waals surface area contributed by atoms with Gasteiger partial charge >= 0.3 is 0 Å². The van der Waals surface area contributed by atoms with E-state index in [1.807, 2.05) is 31.2 Å². The van der Waals surface area contributed by atoms with E-state index in [0.717, 1.165) is 58.2 Å². The topological polar surface area (TPSA) is 67.3 Å². The molecule has 1 N–H and O–H groups in total. The number of carbonyl (C=O) groups excluding carboxylic acids is 1. The number of fused-ring (bicyclic) bond motifs is 1. The number of nitrogens with zero attached hydrogens (tertiary/aromatic N) is 3. The lowest BCUT2D eigenvalue weighted by molar-refractivity contribution is 0.0952. The second-order valence-electron chi connectivity index (χ2n) is 6.99. The fourth-order valence-corrected chi connectivity index (χ4v) is 4.64. The molecule has 6 nitrogen and oxygen atoms in total. The molecule has 0 atom stereocenters. The smallest absolute Gasteiger partial charge is 0.253 e. The Balaban J connectivity index is 1.61. The Morgan fingerprint density at radius 2 is 1.93 bits per heavy atom. The average Bonchev–Trinajstić information content (AvgIpc) is 3.09. The number of aryl methyl sites for hydroxylation is 1. The van der Waals surface area contributed by atoms with E-state index >= 15 is 0 Å². The summed E-state index contributed by atoms with van der Waals surface area (Å²) in [6.07, 6.45) is 5.19. The van der Waals surface area contributed by atoms with Crippen molar-refractivity contribution in [1.82, 2.24) is 15.3 Å². The van der Waals surface area contributed by atoms with Gasteiger partial charge in [-0.05, 0) is 43.9 Å². The highest BCUT2D eigenvalue weighted by atomic mass is 32.1. The highest BCUT2D eigenvalue weighted by Crippen LogP contribution is 2.35. The molecule has 0 saturated carbocycles. The molecule has 1 saturated heterocycles. The van der Waals surface area contributed by atoms with Crippen LogP contribution in [0.2, 0.25) is 0 Å². The highest BCUT2D eigenvalue weighted by Gasteiger charge is 2.24. The third-order valence-electron chi connectivity index (χ3n) is 5.14. The number of piperidine rings is 1. The minimum Gasteiger partial charge on any atom is -0.497 e. The second-order valence-corrected chi connectivity index (χ2v) is 8.19. The quantitative estimate of drug-likeness (QED) is 0.708. The minimum atomic E-state index is -0.0763. The van der Waals surface area contributed by atoms with Crippen molar-refractivity contribution in [1.29, 1.82) is 0 Å². The molecular weight excluding hydrogens is 372 g/mol. The summed E-state index contributed by atoms with van der Waals surface area (Å²) in [5.74, 6) is 1.62. The summed E-state index contributed by atoms with van der Waals surface area (Å²) < 4.78 is 5.18. The monoisotopic (exact) mass is 396 g/mol. The average molecular weight is 397 g/mol. The Labute approximate surface area is 168 Å². The van der Waals surface area contributed by atoms with Crippen molar-refractivity contribution in [2.75, 3.05) is 25.1 Å². The lowest BCUT2D eigenvalue weighted by Gasteiger charge is -2.28. The maximum atomic E-state index is 13.1. The minimum absolute atomic E-state index is 0.0763. The third-order valence-corrected chi connectivity index (χ3v) is 6.15. The van der Waals surface area contributed by atoms with Gasteiger partial charge in [0, 0.05) is 24.5 Å². The number of rotatable bonds is 5. The van der Waals surface area contributed by atoms with Crippen molar-refractivity contribution < 1.29 is 9.53 Å². The maximum absolute atomic E-state index is 13.1. The van der Waals surface area contributed by atoms with Crippen molar-refractivity contribution in [3.63, 3.8) is 0 Å². The van der Waals surface area contributed by atoms with Crippen LogP contribution in [-0.4, -0.2) is 36.1 Å². The molecule has 1 aliphatic rings. The van der Waals surface area contributed by atoms with Gasteiger partial charge in [-0.15, -0.1) is 11.3 Å². The van der Waals surface area contributed by atoms with Crippen LogP contribution in [0.4, 0.5) is 5.82 Å². The summed E-state index contributed by atoms with van der Waals surface area (Å²) >= 11 is 1.56. The van der Waals surface area contributed by atoms with Crippen LogP contribution in [-0.2, 0) is 6.54 Å². The van der Waals surface area contributed by atoms with Crippen LogP contribution >= 0.6 is 11.3 Å². The highest BCUT2D eigenvalue weighted by molar-refractivity contribution is 7.19. The fraction of sp³-hybridized carbons (Fsp3) is 0.381. The molecule has 146 valence electrons. The normalized spacial score (nSPS) is 14.3. The van der Waals surface area contributed by atoms with E-state index in [2.05, 4.69) is 20.2 Å². The maximum Gasteiger partial charge on any atom is 0.253 e.